The van der Waals surface area contributed by atoms with Crippen molar-refractivity contribution < 1.29 is 65.9 Å². The number of amides is 8. The number of hydrogen-bond acceptors (Lipinski definition) is 10. The number of hydrogen-bond donors (Lipinski definition) is 8. The molecule has 1 unspecified atom stereocenters. The van der Waals surface area contributed by atoms with E-state index in [0.717, 1.165) is 35.4 Å². The van der Waals surface area contributed by atoms with Gasteiger partial charge in [0.1, 0.15) is 35.7 Å². The zero-order chi connectivity index (χ0) is 54.2. The van der Waals surface area contributed by atoms with Crippen molar-refractivity contribution in [3.05, 3.63) is 142 Å². The highest BCUT2D eigenvalue weighted by Gasteiger charge is 2.51. The van der Waals surface area contributed by atoms with Crippen molar-refractivity contribution in [2.24, 2.45) is 5.73 Å². The van der Waals surface area contributed by atoms with Crippen LogP contribution in [0, 0.1) is 5.82 Å². The molecule has 1 aromatic heterocycles. The Morgan fingerprint density at radius 1 is 0.868 bits per heavy atom. The van der Waals surface area contributed by atoms with Crippen molar-refractivity contribution in [1.29, 1.82) is 0 Å². The number of primary amides is 1. The maximum atomic E-state index is 16.0. The summed E-state index contributed by atoms with van der Waals surface area (Å²) in [5.74, 6) is -6.19. The summed E-state index contributed by atoms with van der Waals surface area (Å²) in [5.41, 5.74) is 1.73. The number of imide groups is 1. The molecule has 0 bridgehead atoms. The molecule has 20 nitrogen and oxygen atoms in total. The van der Waals surface area contributed by atoms with E-state index in [1.165, 1.54) is 21.9 Å². The van der Waals surface area contributed by atoms with Gasteiger partial charge in [-0.05, 0) is 79.1 Å². The predicted octanol–water partition coefficient (Wildman–Crippen LogP) is 3.32. The van der Waals surface area contributed by atoms with Gasteiger partial charge in [-0.25, -0.2) is 4.39 Å². The second-order valence-electron chi connectivity index (χ2n) is 19.4. The molecule has 3 fully saturated rings. The van der Waals surface area contributed by atoms with Crippen molar-refractivity contribution in [1.82, 2.24) is 41.0 Å². The van der Waals surface area contributed by atoms with Gasteiger partial charge >= 0.3 is 13.3 Å². The molecule has 76 heavy (non-hydrogen) atoms. The van der Waals surface area contributed by atoms with Gasteiger partial charge in [0.15, 0.2) is 0 Å². The van der Waals surface area contributed by atoms with Gasteiger partial charge in [0.25, 0.3) is 11.8 Å². The zero-order valence-corrected chi connectivity index (χ0v) is 41.4. The average Bonchev–Trinajstić information content (AvgIpc) is 4.14. The number of aromatic nitrogens is 1. The molecule has 0 aliphatic carbocycles. The van der Waals surface area contributed by atoms with Crippen molar-refractivity contribution in [2.75, 3.05) is 13.1 Å². The van der Waals surface area contributed by atoms with Gasteiger partial charge in [-0.3, -0.25) is 53.1 Å². The van der Waals surface area contributed by atoms with Crippen LogP contribution in [0.3, 0.4) is 0 Å². The number of nitrogens with one attached hydrogen (secondary N) is 5. The van der Waals surface area contributed by atoms with Gasteiger partial charge in [-0.2, -0.15) is 8.78 Å². The van der Waals surface area contributed by atoms with Crippen LogP contribution in [0.25, 0.3) is 10.9 Å². The summed E-state index contributed by atoms with van der Waals surface area (Å²) in [6, 6.07) is 18.6. The number of benzene rings is 4. The molecule has 9 N–H and O–H groups in total. The summed E-state index contributed by atoms with van der Waals surface area (Å²) >= 11 is 0. The highest BCUT2D eigenvalue weighted by atomic mass is 31.2. The summed E-state index contributed by atoms with van der Waals surface area (Å²) < 4.78 is 57.1. The number of alkyl halides is 2. The largest absolute Gasteiger partial charge is 0.399 e. The molecule has 8 amide bonds. The Labute approximate surface area is 432 Å². The molecule has 5 heterocycles. The molecule has 24 heteroatoms. The molecule has 4 aliphatic rings. The Hall–Kier alpha value is -7.72. The van der Waals surface area contributed by atoms with Crippen molar-refractivity contribution >= 4 is 65.8 Å². The lowest BCUT2D eigenvalue weighted by Crippen LogP contribution is -2.61. The van der Waals surface area contributed by atoms with Gasteiger partial charge in [0.05, 0.1) is 12.6 Å². The molecule has 0 spiro atoms. The zero-order valence-electron chi connectivity index (χ0n) is 40.5. The van der Waals surface area contributed by atoms with Crippen LogP contribution in [0.15, 0.2) is 97.1 Å². The lowest BCUT2D eigenvalue weighted by atomic mass is 9.98. The van der Waals surface area contributed by atoms with Crippen LogP contribution in [0.2, 0.25) is 0 Å². The molecule has 5 atom stereocenters. The number of carbonyl (C=O) groups excluding carboxylic acids is 8. The first-order valence-corrected chi connectivity index (χ1v) is 26.1. The fourth-order valence-electron chi connectivity index (χ4n) is 10.5. The summed E-state index contributed by atoms with van der Waals surface area (Å²) in [6.07, 6.45) is 0.289. The molecule has 5 aromatic rings. The molecule has 4 aliphatic heterocycles. The van der Waals surface area contributed by atoms with E-state index in [-0.39, 0.29) is 92.4 Å². The number of halogens is 3. The predicted molar refractivity (Wildman–Crippen MR) is 265 cm³/mol. The number of nitrogens with zero attached hydrogens (tertiary/aromatic N) is 3. The Morgan fingerprint density at radius 2 is 1.57 bits per heavy atom. The molecule has 0 radical (unpaired) electrons. The normalized spacial score (nSPS) is 20.7. The Bertz CT molecular complexity index is 3150. The van der Waals surface area contributed by atoms with Crippen LogP contribution in [0.4, 0.5) is 13.2 Å². The molecule has 9 rings (SSSR count). The van der Waals surface area contributed by atoms with Crippen molar-refractivity contribution in [3.8, 4) is 0 Å². The number of aromatic amines is 1. The van der Waals surface area contributed by atoms with E-state index in [0.29, 0.717) is 12.0 Å². The smallest absolute Gasteiger partial charge is 0.370 e. The van der Waals surface area contributed by atoms with Crippen LogP contribution in [0.5, 0.6) is 0 Å². The SMILES string of the molecule is NC(=O)CC[C@H](NC(=O)[C@@H]1CC[C@@H]2CCN(Cc3cc(F)c4c(c3)C(=O)N(C3CCC(=O)NC3=O)C4)C[C@H](NC(=O)c3cc4cc(C(F)(F)P(=O)(O)O)ccc4[nH]3)C(=O)N21)C(=O)NC(c1ccccc1)c1ccccc1. The first-order chi connectivity index (χ1) is 36.2. The summed E-state index contributed by atoms with van der Waals surface area (Å²) in [5, 5.41) is 10.7. The summed E-state index contributed by atoms with van der Waals surface area (Å²) in [6.45, 7) is -0.305. The standard InChI is InChI=1S/C52H53F3N9O11P/c53-36-22-28(21-34-35(36)26-63(50(34)71)41-16-18-44(66)60-48(41)69)25-62-20-19-33-12-15-42(49(70)58-38(14-17-43(56)65)46(67)61-45(29-7-3-1-4-8-29)30-9-5-2-6-10-30)64(33)51(72)40(27-62)59-47(68)39-24-31-23-32(11-13-37(31)57-39)52(54,55)76(73,74)75/h1-11,13,21-24,33,38,40-42,45,57H,12,14-20,25-27H2,(H2,56,65)(H,58,70)(H,59,68)(H,61,67)(H,60,66,69)(H2,73,74,75)/t33-,38+,40+,41?,42+/m1/s1. The number of H-pyrrole nitrogens is 1. The van der Waals surface area contributed by atoms with Gasteiger partial charge in [-0.15, -0.1) is 0 Å². The molecule has 398 valence electrons. The Kier molecular flexibility index (Phi) is 15.0. The van der Waals surface area contributed by atoms with Crippen LogP contribution < -0.4 is 27.0 Å². The van der Waals surface area contributed by atoms with Crippen LogP contribution in [0.1, 0.15) is 99.7 Å². The number of fused-ring (bicyclic) bond motifs is 3. The fraction of sp³-hybridized carbons (Fsp3) is 0.346. The molecule has 4 aromatic carbocycles. The number of nitrogens with two attached hydrogens (primary N) is 1. The highest BCUT2D eigenvalue weighted by Crippen LogP contribution is 2.59. The minimum Gasteiger partial charge on any atom is -0.370 e. The van der Waals surface area contributed by atoms with Gasteiger partial charge < -0.3 is 46.3 Å². The second-order valence-corrected chi connectivity index (χ2v) is 21.1. The number of carbonyl (C=O) groups is 8. The van der Waals surface area contributed by atoms with E-state index in [2.05, 4.69) is 26.3 Å². The van der Waals surface area contributed by atoms with Gasteiger partial charge in [0.2, 0.25) is 35.4 Å². The second kappa shape index (κ2) is 21.5. The van der Waals surface area contributed by atoms with Gasteiger partial charge in [0, 0.05) is 66.1 Å². The van der Waals surface area contributed by atoms with E-state index >= 15 is 9.18 Å². The summed E-state index contributed by atoms with van der Waals surface area (Å²) in [7, 11) is -5.95. The molecule has 0 saturated carbocycles. The molecular formula is C52H53F3N9O11P. The lowest BCUT2D eigenvalue weighted by molar-refractivity contribution is -0.144. The highest BCUT2D eigenvalue weighted by molar-refractivity contribution is 7.52. The maximum Gasteiger partial charge on any atom is 0.399 e. The van der Waals surface area contributed by atoms with E-state index in [9.17, 15) is 56.7 Å². The Balaban J connectivity index is 0.985. The average molecular weight is 1070 g/mol. The Morgan fingerprint density at radius 3 is 2.22 bits per heavy atom. The van der Waals surface area contributed by atoms with Crippen LogP contribution in [-0.4, -0.2) is 120 Å². The maximum absolute atomic E-state index is 16.0. The number of rotatable bonds is 16. The van der Waals surface area contributed by atoms with E-state index < -0.39 is 108 Å². The monoisotopic (exact) mass is 1070 g/mol. The topological polar surface area (TPSA) is 294 Å². The number of piperidine rings is 1. The molecule has 3 saturated heterocycles. The quantitative estimate of drug-likeness (QED) is 0.0522. The third-order valence-corrected chi connectivity index (χ3v) is 15.4. The van der Waals surface area contributed by atoms with E-state index in [1.54, 1.807) is 4.90 Å². The van der Waals surface area contributed by atoms with Crippen LogP contribution in [-0.2, 0) is 52.1 Å². The third-order valence-electron chi connectivity index (χ3n) is 14.4. The first-order valence-electron chi connectivity index (χ1n) is 24.5. The lowest BCUT2D eigenvalue weighted by Gasteiger charge is -2.39. The third kappa shape index (κ3) is 11.0. The van der Waals surface area contributed by atoms with Gasteiger partial charge in [-0.1, -0.05) is 66.7 Å². The van der Waals surface area contributed by atoms with Crippen molar-refractivity contribution in [3.63, 3.8) is 0 Å². The van der Waals surface area contributed by atoms with E-state index in [4.69, 9.17) is 5.73 Å². The first kappa shape index (κ1) is 53.1. The minimum absolute atomic E-state index is 0.00159. The minimum atomic E-state index is -5.95. The molecular weight excluding hydrogens is 1010 g/mol. The van der Waals surface area contributed by atoms with E-state index in [1.807, 2.05) is 60.7 Å². The van der Waals surface area contributed by atoms with Crippen molar-refractivity contribution in [2.45, 2.75) is 99.9 Å². The van der Waals surface area contributed by atoms with Crippen LogP contribution >= 0.6 is 7.60 Å². The summed E-state index contributed by atoms with van der Waals surface area (Å²) in [4.78, 5) is 134. The fourth-order valence-corrected chi connectivity index (χ4v) is 11.0.